The molecule has 0 saturated heterocycles. The predicted molar refractivity (Wildman–Crippen MR) is 83.2 cm³/mol. The zero-order chi connectivity index (χ0) is 15.6. The summed E-state index contributed by atoms with van der Waals surface area (Å²) in [6.07, 6.45) is 1.24. The Morgan fingerprint density at radius 1 is 1.40 bits per heavy atom. The average Bonchev–Trinajstić information content (AvgIpc) is 2.31. The minimum absolute atomic E-state index is 0.140. The maximum Gasteiger partial charge on any atom is 0.127 e. The van der Waals surface area contributed by atoms with Crippen LogP contribution < -0.4 is 5.14 Å². The van der Waals surface area contributed by atoms with Crippen molar-refractivity contribution in [3.05, 3.63) is 34.1 Å². The molecule has 0 aliphatic heterocycles. The number of hydrogen-bond acceptors (Lipinski definition) is 2. The zero-order valence-electron chi connectivity index (χ0n) is 11.8. The van der Waals surface area contributed by atoms with Crippen molar-refractivity contribution in [3.63, 3.8) is 0 Å². The second kappa shape index (κ2) is 6.45. The van der Waals surface area contributed by atoms with Gasteiger partial charge in [-0.2, -0.15) is 0 Å². The molecule has 1 rings (SSSR count). The fraction of sp³-hybridized carbons (Fsp3) is 0.500. The van der Waals surface area contributed by atoms with Gasteiger partial charge in [0.05, 0.1) is 15.7 Å². The van der Waals surface area contributed by atoms with Crippen LogP contribution in [-0.2, 0) is 21.2 Å². The van der Waals surface area contributed by atoms with Crippen molar-refractivity contribution in [1.82, 2.24) is 0 Å². The van der Waals surface area contributed by atoms with Crippen LogP contribution in [0.2, 0.25) is 0 Å². The first kappa shape index (κ1) is 17.5. The molecule has 0 saturated carbocycles. The van der Waals surface area contributed by atoms with Gasteiger partial charge in [-0.15, -0.1) is 0 Å². The van der Waals surface area contributed by atoms with E-state index in [0.717, 1.165) is 10.8 Å². The summed E-state index contributed by atoms with van der Waals surface area (Å²) in [5, 5.41) is 5.50. The third-order valence-corrected chi connectivity index (χ3v) is 5.20. The number of hydrogen-bond donors (Lipinski definition) is 1. The van der Waals surface area contributed by atoms with E-state index in [1.54, 1.807) is 32.9 Å². The van der Waals surface area contributed by atoms with Gasteiger partial charge in [-0.3, -0.25) is 5.14 Å². The molecule has 0 heterocycles. The first-order valence-electron chi connectivity index (χ1n) is 6.18. The highest BCUT2D eigenvalue weighted by Gasteiger charge is 2.38. The van der Waals surface area contributed by atoms with Crippen molar-refractivity contribution < 1.29 is 13.4 Å². The molecule has 0 aliphatic rings. The fourth-order valence-electron chi connectivity index (χ4n) is 2.43. The molecule has 0 spiro atoms. The SMILES string of the molecule is CC(C)(C[C@](C)(CC=O)c1cc(Br)ccc1F)S(N)=O. The fourth-order valence-corrected chi connectivity index (χ4v) is 3.25. The van der Waals surface area contributed by atoms with Gasteiger partial charge in [-0.25, -0.2) is 8.60 Å². The van der Waals surface area contributed by atoms with E-state index in [0.29, 0.717) is 12.0 Å². The van der Waals surface area contributed by atoms with E-state index in [1.165, 1.54) is 6.07 Å². The van der Waals surface area contributed by atoms with E-state index in [4.69, 9.17) is 5.14 Å². The molecule has 0 radical (unpaired) electrons. The molecular formula is C14H19BrFNO2S. The number of carbonyl (C=O) groups excluding carboxylic acids is 1. The lowest BCUT2D eigenvalue weighted by molar-refractivity contribution is -0.108. The Balaban J connectivity index is 3.31. The zero-order valence-corrected chi connectivity index (χ0v) is 14.2. The third-order valence-electron chi connectivity index (χ3n) is 3.47. The standard InChI is InChI=1S/C14H19BrFNO2S/c1-13(2,20(17)19)9-14(3,6-7-18)11-8-10(15)4-5-12(11)16/h4-5,7-8H,6,9,17H2,1-3H3/t14-,20?/m0/s1. The molecule has 6 heteroatoms. The summed E-state index contributed by atoms with van der Waals surface area (Å²) in [4.78, 5) is 11.0. The summed E-state index contributed by atoms with van der Waals surface area (Å²) in [7, 11) is -1.56. The Hall–Kier alpha value is -0.590. The van der Waals surface area contributed by atoms with E-state index in [-0.39, 0.29) is 12.2 Å². The van der Waals surface area contributed by atoms with Crippen LogP contribution in [0.4, 0.5) is 4.39 Å². The minimum atomic E-state index is -1.56. The highest BCUT2D eigenvalue weighted by molar-refractivity contribution is 9.10. The van der Waals surface area contributed by atoms with Crippen LogP contribution in [0, 0.1) is 5.82 Å². The lowest BCUT2D eigenvalue weighted by Gasteiger charge is -2.35. The Morgan fingerprint density at radius 3 is 2.50 bits per heavy atom. The molecule has 0 amide bonds. The van der Waals surface area contributed by atoms with E-state index < -0.39 is 21.1 Å². The van der Waals surface area contributed by atoms with Crippen LogP contribution in [0.3, 0.4) is 0 Å². The van der Waals surface area contributed by atoms with Crippen molar-refractivity contribution in [2.24, 2.45) is 5.14 Å². The Kier molecular flexibility index (Phi) is 5.63. The van der Waals surface area contributed by atoms with Gasteiger partial charge < -0.3 is 4.79 Å². The van der Waals surface area contributed by atoms with E-state index in [2.05, 4.69) is 15.9 Å². The van der Waals surface area contributed by atoms with Gasteiger partial charge in [0.15, 0.2) is 0 Å². The quantitative estimate of drug-likeness (QED) is 0.788. The van der Waals surface area contributed by atoms with Gasteiger partial charge in [0, 0.05) is 16.3 Å². The second-order valence-corrected chi connectivity index (χ2v) is 8.41. The number of benzene rings is 1. The van der Waals surface area contributed by atoms with Crippen LogP contribution in [0.5, 0.6) is 0 Å². The number of carbonyl (C=O) groups is 1. The van der Waals surface area contributed by atoms with Crippen LogP contribution >= 0.6 is 15.9 Å². The van der Waals surface area contributed by atoms with Gasteiger partial charge in [0.2, 0.25) is 0 Å². The maximum atomic E-state index is 14.1. The first-order valence-corrected chi connectivity index (χ1v) is 8.18. The minimum Gasteiger partial charge on any atom is -0.303 e. The van der Waals surface area contributed by atoms with Crippen molar-refractivity contribution in [1.29, 1.82) is 0 Å². The van der Waals surface area contributed by atoms with E-state index >= 15 is 0 Å². The molecular weight excluding hydrogens is 345 g/mol. The number of rotatable bonds is 6. The summed E-state index contributed by atoms with van der Waals surface area (Å²) in [5.41, 5.74) is -0.328. The highest BCUT2D eigenvalue weighted by Crippen LogP contribution is 2.39. The average molecular weight is 364 g/mol. The molecule has 3 nitrogen and oxygen atoms in total. The van der Waals surface area contributed by atoms with Crippen molar-refractivity contribution in [2.75, 3.05) is 0 Å². The molecule has 0 fully saturated rings. The predicted octanol–water partition coefficient (Wildman–Crippen LogP) is 3.23. The van der Waals surface area contributed by atoms with Crippen LogP contribution in [0.15, 0.2) is 22.7 Å². The lowest BCUT2D eigenvalue weighted by Crippen LogP contribution is -2.40. The summed E-state index contributed by atoms with van der Waals surface area (Å²) >= 11 is 3.31. The molecule has 0 aliphatic carbocycles. The Morgan fingerprint density at radius 2 is 2.00 bits per heavy atom. The smallest absolute Gasteiger partial charge is 0.127 e. The van der Waals surface area contributed by atoms with Crippen molar-refractivity contribution >= 4 is 33.2 Å². The summed E-state index contributed by atoms with van der Waals surface area (Å²) in [6.45, 7) is 5.30. The number of nitrogens with two attached hydrogens (primary N) is 1. The second-order valence-electron chi connectivity index (χ2n) is 5.79. The van der Waals surface area contributed by atoms with Gasteiger partial charge in [0.1, 0.15) is 12.1 Å². The molecule has 0 aromatic heterocycles. The topological polar surface area (TPSA) is 60.2 Å². The highest BCUT2D eigenvalue weighted by atomic mass is 79.9. The summed E-state index contributed by atoms with van der Waals surface area (Å²) in [6, 6.07) is 4.62. The van der Waals surface area contributed by atoms with Gasteiger partial charge in [-0.05, 0) is 44.0 Å². The molecule has 20 heavy (non-hydrogen) atoms. The van der Waals surface area contributed by atoms with Crippen molar-refractivity contribution in [3.8, 4) is 0 Å². The Labute approximate surface area is 129 Å². The number of aldehydes is 1. The normalized spacial score (nSPS) is 16.5. The Bertz CT molecular complexity index is 536. The molecule has 2 N–H and O–H groups in total. The molecule has 0 bridgehead atoms. The summed E-state index contributed by atoms with van der Waals surface area (Å²) < 4.78 is 25.8. The maximum absolute atomic E-state index is 14.1. The molecule has 2 atom stereocenters. The lowest BCUT2D eigenvalue weighted by atomic mass is 9.73. The van der Waals surface area contributed by atoms with Gasteiger partial charge >= 0.3 is 0 Å². The van der Waals surface area contributed by atoms with Crippen LogP contribution in [0.25, 0.3) is 0 Å². The van der Waals surface area contributed by atoms with Gasteiger partial charge in [-0.1, -0.05) is 22.9 Å². The van der Waals surface area contributed by atoms with E-state index in [9.17, 15) is 13.4 Å². The van der Waals surface area contributed by atoms with Crippen LogP contribution in [-0.4, -0.2) is 15.2 Å². The first-order chi connectivity index (χ1) is 9.12. The number of halogens is 2. The molecule has 1 aromatic carbocycles. The molecule has 1 unspecified atom stereocenters. The third kappa shape index (κ3) is 3.96. The summed E-state index contributed by atoms with van der Waals surface area (Å²) in [5.74, 6) is -0.379. The molecule has 112 valence electrons. The monoisotopic (exact) mass is 363 g/mol. The van der Waals surface area contributed by atoms with Crippen molar-refractivity contribution in [2.45, 2.75) is 43.8 Å². The van der Waals surface area contributed by atoms with E-state index in [1.807, 2.05) is 0 Å². The molecule has 1 aromatic rings. The van der Waals surface area contributed by atoms with Gasteiger partial charge in [0.25, 0.3) is 0 Å². The largest absolute Gasteiger partial charge is 0.303 e. The van der Waals surface area contributed by atoms with Crippen LogP contribution in [0.1, 0.15) is 39.2 Å².